The van der Waals surface area contributed by atoms with Crippen LogP contribution in [0.25, 0.3) is 5.76 Å². The number of likely N-dealkylation sites (tertiary alicyclic amines) is 1. The zero-order chi connectivity index (χ0) is 25.9. The van der Waals surface area contributed by atoms with Crippen molar-refractivity contribution in [2.24, 2.45) is 0 Å². The zero-order valence-corrected chi connectivity index (χ0v) is 20.9. The Morgan fingerprint density at radius 1 is 1.11 bits per heavy atom. The Kier molecular flexibility index (Phi) is 8.03. The van der Waals surface area contributed by atoms with Crippen LogP contribution in [0.2, 0.25) is 5.02 Å². The molecule has 2 aromatic carbocycles. The highest BCUT2D eigenvalue weighted by Crippen LogP contribution is 2.43. The van der Waals surface area contributed by atoms with Crippen LogP contribution in [0, 0.1) is 0 Å². The molecule has 10 heteroatoms. The summed E-state index contributed by atoms with van der Waals surface area (Å²) in [6.45, 7) is 1.97. The number of esters is 1. The van der Waals surface area contributed by atoms with Gasteiger partial charge in [-0.15, -0.1) is 0 Å². The normalized spacial score (nSPS) is 17.1. The smallest absolute Gasteiger partial charge is 0.308 e. The Morgan fingerprint density at radius 3 is 2.40 bits per heavy atom. The van der Waals surface area contributed by atoms with E-state index in [-0.39, 0.29) is 34.2 Å². The number of hydrogen-bond donors (Lipinski definition) is 1. The van der Waals surface area contributed by atoms with E-state index < -0.39 is 29.5 Å². The first-order valence-corrected chi connectivity index (χ1v) is 11.1. The first-order valence-electron chi connectivity index (χ1n) is 10.7. The highest BCUT2D eigenvalue weighted by atomic mass is 35.5. The highest BCUT2D eigenvalue weighted by Gasteiger charge is 2.46. The highest BCUT2D eigenvalue weighted by molar-refractivity contribution is 6.46. The molecule has 1 saturated heterocycles. The third-order valence-electron chi connectivity index (χ3n) is 5.49. The summed E-state index contributed by atoms with van der Waals surface area (Å²) in [6, 6.07) is 8.44. The number of hydrogen-bond acceptors (Lipinski definition) is 8. The SMILES string of the molecule is COc1cc(OC)c(/C(O)=C2\C(=O)C(=O)N(CCN(C)C)C2c2cccc(OC(C)=O)c2)cc1Cl. The average Bonchev–Trinajstić information content (AvgIpc) is 3.06. The predicted molar refractivity (Wildman–Crippen MR) is 130 cm³/mol. The van der Waals surface area contributed by atoms with Crippen LogP contribution in [-0.2, 0) is 14.4 Å². The van der Waals surface area contributed by atoms with E-state index in [0.29, 0.717) is 17.9 Å². The molecule has 1 aliphatic heterocycles. The number of aliphatic hydroxyl groups is 1. The van der Waals surface area contributed by atoms with Gasteiger partial charge in [-0.25, -0.2) is 0 Å². The Bertz CT molecular complexity index is 1190. The molecule has 186 valence electrons. The summed E-state index contributed by atoms with van der Waals surface area (Å²) < 4.78 is 15.8. The molecule has 0 saturated carbocycles. The maximum Gasteiger partial charge on any atom is 0.308 e. The fourth-order valence-corrected chi connectivity index (χ4v) is 4.11. The van der Waals surface area contributed by atoms with E-state index in [2.05, 4.69) is 0 Å². The monoisotopic (exact) mass is 502 g/mol. The number of methoxy groups -OCH3 is 2. The van der Waals surface area contributed by atoms with Gasteiger partial charge >= 0.3 is 5.97 Å². The number of aliphatic hydroxyl groups excluding tert-OH is 1. The number of benzene rings is 2. The first-order chi connectivity index (χ1) is 16.6. The Balaban J connectivity index is 2.24. The van der Waals surface area contributed by atoms with Gasteiger partial charge in [-0.1, -0.05) is 23.7 Å². The third-order valence-corrected chi connectivity index (χ3v) is 5.79. The molecule has 2 aromatic rings. The van der Waals surface area contributed by atoms with Gasteiger partial charge in [0.1, 0.15) is 23.0 Å². The van der Waals surface area contributed by atoms with Crippen LogP contribution in [-0.4, -0.2) is 74.0 Å². The van der Waals surface area contributed by atoms with Crippen LogP contribution in [0.3, 0.4) is 0 Å². The zero-order valence-electron chi connectivity index (χ0n) is 20.1. The van der Waals surface area contributed by atoms with Crippen molar-refractivity contribution in [3.8, 4) is 17.2 Å². The van der Waals surface area contributed by atoms with Gasteiger partial charge in [-0.05, 0) is 37.9 Å². The summed E-state index contributed by atoms with van der Waals surface area (Å²) in [7, 11) is 6.52. The summed E-state index contributed by atoms with van der Waals surface area (Å²) >= 11 is 6.28. The van der Waals surface area contributed by atoms with Crippen LogP contribution >= 0.6 is 11.6 Å². The molecule has 35 heavy (non-hydrogen) atoms. The molecule has 1 amide bonds. The lowest BCUT2D eigenvalue weighted by molar-refractivity contribution is -0.140. The van der Waals surface area contributed by atoms with Crippen molar-refractivity contribution < 1.29 is 33.7 Å². The molecule has 0 aromatic heterocycles. The molecule has 0 radical (unpaired) electrons. The molecule has 0 spiro atoms. The van der Waals surface area contributed by atoms with Crippen LogP contribution in [0.5, 0.6) is 17.2 Å². The largest absolute Gasteiger partial charge is 0.507 e. The van der Waals surface area contributed by atoms with Crippen molar-refractivity contribution in [3.05, 3.63) is 58.1 Å². The van der Waals surface area contributed by atoms with Crippen molar-refractivity contribution in [1.29, 1.82) is 0 Å². The molecule has 1 heterocycles. The maximum atomic E-state index is 13.2. The van der Waals surface area contributed by atoms with E-state index in [9.17, 15) is 19.5 Å². The lowest BCUT2D eigenvalue weighted by Crippen LogP contribution is -2.35. The van der Waals surface area contributed by atoms with Crippen molar-refractivity contribution in [1.82, 2.24) is 9.80 Å². The molecule has 3 rings (SSSR count). The number of rotatable bonds is 8. The molecule has 1 N–H and O–H groups in total. The quantitative estimate of drug-likeness (QED) is 0.193. The molecule has 1 unspecified atom stereocenters. The number of nitrogens with zero attached hydrogens (tertiary/aromatic N) is 2. The lowest BCUT2D eigenvalue weighted by Gasteiger charge is -2.27. The molecule has 1 atom stereocenters. The summed E-state index contributed by atoms with van der Waals surface area (Å²) in [4.78, 5) is 41.0. The van der Waals surface area contributed by atoms with Gasteiger partial charge in [0.25, 0.3) is 11.7 Å². The second-order valence-electron chi connectivity index (χ2n) is 8.15. The molecule has 0 bridgehead atoms. The molecular formula is C25H27ClN2O7. The van der Waals surface area contributed by atoms with Gasteiger partial charge in [-0.2, -0.15) is 0 Å². The first kappa shape index (κ1) is 26.1. The second-order valence-corrected chi connectivity index (χ2v) is 8.56. The minimum Gasteiger partial charge on any atom is -0.507 e. The standard InChI is InChI=1S/C25H27ClN2O7/c1-14(29)35-16-8-6-7-15(11-16)22-21(24(31)25(32)28(22)10-9-27(2)3)23(30)17-12-18(26)20(34-5)13-19(17)33-4/h6-8,11-13,22,30H,9-10H2,1-5H3/b23-21+. The van der Waals surface area contributed by atoms with Crippen LogP contribution in [0.4, 0.5) is 0 Å². The fourth-order valence-electron chi connectivity index (χ4n) is 3.87. The number of carbonyl (C=O) groups is 3. The van der Waals surface area contributed by atoms with Crippen molar-refractivity contribution in [3.63, 3.8) is 0 Å². The van der Waals surface area contributed by atoms with Crippen LogP contribution in [0.1, 0.15) is 24.1 Å². The molecular weight excluding hydrogens is 476 g/mol. The summed E-state index contributed by atoms with van der Waals surface area (Å²) in [5.74, 6) is -1.79. The van der Waals surface area contributed by atoms with Crippen molar-refractivity contribution in [2.75, 3.05) is 41.4 Å². The average molecular weight is 503 g/mol. The number of likely N-dealkylation sites (N-methyl/N-ethyl adjacent to an activating group) is 1. The lowest BCUT2D eigenvalue weighted by atomic mass is 9.94. The molecule has 9 nitrogen and oxygen atoms in total. The topological polar surface area (TPSA) is 106 Å². The van der Waals surface area contributed by atoms with Crippen LogP contribution < -0.4 is 14.2 Å². The van der Waals surface area contributed by atoms with E-state index in [0.717, 1.165) is 0 Å². The fraction of sp³-hybridized carbons (Fsp3) is 0.320. The Morgan fingerprint density at radius 2 is 1.80 bits per heavy atom. The molecule has 1 aliphatic rings. The van der Waals surface area contributed by atoms with Gasteiger partial charge < -0.3 is 29.1 Å². The maximum absolute atomic E-state index is 13.2. The van der Waals surface area contributed by atoms with E-state index in [1.54, 1.807) is 24.3 Å². The summed E-state index contributed by atoms with van der Waals surface area (Å²) in [5, 5.41) is 11.5. The Labute approximate surface area is 208 Å². The van der Waals surface area contributed by atoms with E-state index >= 15 is 0 Å². The second kappa shape index (κ2) is 10.8. The van der Waals surface area contributed by atoms with E-state index in [4.69, 9.17) is 25.8 Å². The number of carbonyl (C=O) groups excluding carboxylic acids is 3. The number of ketones is 1. The summed E-state index contributed by atoms with van der Waals surface area (Å²) in [6.07, 6.45) is 0. The van der Waals surface area contributed by atoms with Crippen molar-refractivity contribution >= 4 is 35.0 Å². The minimum absolute atomic E-state index is 0.130. The number of halogens is 1. The Hall–Kier alpha value is -3.56. The molecule has 1 fully saturated rings. The van der Waals surface area contributed by atoms with E-state index in [1.165, 1.54) is 38.2 Å². The van der Waals surface area contributed by atoms with Crippen LogP contribution in [0.15, 0.2) is 42.0 Å². The number of amides is 1. The number of ether oxygens (including phenoxy) is 3. The van der Waals surface area contributed by atoms with Gasteiger partial charge in [0.2, 0.25) is 0 Å². The van der Waals surface area contributed by atoms with Gasteiger partial charge in [-0.3, -0.25) is 14.4 Å². The summed E-state index contributed by atoms with van der Waals surface area (Å²) in [5.41, 5.74) is 0.486. The van der Waals surface area contributed by atoms with E-state index in [1.807, 2.05) is 19.0 Å². The van der Waals surface area contributed by atoms with Gasteiger partial charge in [0.05, 0.1) is 36.4 Å². The minimum atomic E-state index is -0.934. The van der Waals surface area contributed by atoms with Crippen molar-refractivity contribution in [2.45, 2.75) is 13.0 Å². The van der Waals surface area contributed by atoms with Gasteiger partial charge in [0, 0.05) is 26.1 Å². The number of Topliss-reactive ketones (excluding diaryl/α,β-unsaturated/α-hetero) is 1. The predicted octanol–water partition coefficient (Wildman–Crippen LogP) is 3.27. The third kappa shape index (κ3) is 5.41. The van der Waals surface area contributed by atoms with Gasteiger partial charge in [0.15, 0.2) is 0 Å². The molecule has 0 aliphatic carbocycles.